The van der Waals surface area contributed by atoms with Crippen LogP contribution in [0.4, 0.5) is 0 Å². The van der Waals surface area contributed by atoms with Gasteiger partial charge in [0, 0.05) is 12.7 Å². The Hall–Kier alpha value is -0.860. The van der Waals surface area contributed by atoms with Crippen molar-refractivity contribution < 1.29 is 0 Å². The van der Waals surface area contributed by atoms with Crippen LogP contribution in [0.15, 0.2) is 12.4 Å². The maximum Gasteiger partial charge on any atom is 0.0692 e. The molecule has 1 rings (SSSR count). The molecule has 0 aliphatic carbocycles. The van der Waals surface area contributed by atoms with E-state index in [4.69, 9.17) is 0 Å². The second-order valence-electron chi connectivity index (χ2n) is 2.99. The van der Waals surface area contributed by atoms with Crippen LogP contribution in [-0.4, -0.2) is 15.0 Å². The van der Waals surface area contributed by atoms with Gasteiger partial charge in [-0.1, -0.05) is 26.0 Å². The summed E-state index contributed by atoms with van der Waals surface area (Å²) in [4.78, 5) is 0. The minimum absolute atomic E-state index is 0.833. The number of nitrogens with zero attached hydrogens (tertiary/aromatic N) is 3. The van der Waals surface area contributed by atoms with E-state index in [1.165, 1.54) is 0 Å². The largest absolute Gasteiger partial charge is 0.253 e. The van der Waals surface area contributed by atoms with E-state index in [0.29, 0.717) is 0 Å². The van der Waals surface area contributed by atoms with Gasteiger partial charge in [0.2, 0.25) is 0 Å². The summed E-state index contributed by atoms with van der Waals surface area (Å²) in [5, 5.41) is 7.31. The van der Waals surface area contributed by atoms with Gasteiger partial charge in [-0.05, 0) is 12.8 Å². The third-order valence-corrected chi connectivity index (χ3v) is 0.796. The van der Waals surface area contributed by atoms with Crippen molar-refractivity contribution in [1.29, 1.82) is 0 Å². The Bertz CT molecular complexity index is 153. The first-order chi connectivity index (χ1) is 5.16. The van der Waals surface area contributed by atoms with E-state index in [1.54, 1.807) is 10.9 Å². The highest BCUT2D eigenvalue weighted by Crippen LogP contribution is 1.81. The second kappa shape index (κ2) is 5.89. The number of hydrogen-bond donors (Lipinski definition) is 0. The predicted molar refractivity (Wildman–Crippen MR) is 46.2 cm³/mol. The van der Waals surface area contributed by atoms with Crippen LogP contribution < -0.4 is 0 Å². The van der Waals surface area contributed by atoms with E-state index in [0.717, 1.165) is 12.5 Å². The first-order valence-electron chi connectivity index (χ1n) is 4.01. The molecule has 1 aromatic heterocycles. The summed E-state index contributed by atoms with van der Waals surface area (Å²) < 4.78 is 1.76. The fourth-order valence-electron chi connectivity index (χ4n) is 0.401. The van der Waals surface area contributed by atoms with Gasteiger partial charge in [0.15, 0.2) is 0 Å². The topological polar surface area (TPSA) is 30.7 Å². The van der Waals surface area contributed by atoms with Gasteiger partial charge in [-0.15, -0.1) is 5.10 Å². The quantitative estimate of drug-likeness (QED) is 0.620. The van der Waals surface area contributed by atoms with E-state index in [-0.39, 0.29) is 0 Å². The van der Waals surface area contributed by atoms with Crippen molar-refractivity contribution in [1.82, 2.24) is 15.0 Å². The minimum atomic E-state index is 0.833. The van der Waals surface area contributed by atoms with Gasteiger partial charge in [-0.2, -0.15) is 0 Å². The fraction of sp³-hybridized carbons (Fsp3) is 0.750. The molecule has 0 spiro atoms. The molecule has 0 saturated carbocycles. The van der Waals surface area contributed by atoms with Gasteiger partial charge < -0.3 is 0 Å². The van der Waals surface area contributed by atoms with Crippen LogP contribution in [-0.2, 0) is 6.54 Å². The highest BCUT2D eigenvalue weighted by Gasteiger charge is 1.78. The average molecular weight is 155 g/mol. The summed E-state index contributed by atoms with van der Waals surface area (Å²) >= 11 is 0. The molecular formula is C8H17N3. The van der Waals surface area contributed by atoms with Gasteiger partial charge in [-0.3, -0.25) is 4.68 Å². The van der Waals surface area contributed by atoms with Crippen molar-refractivity contribution in [2.24, 2.45) is 5.92 Å². The molecule has 0 bridgehead atoms. The SMILES string of the molecule is CC(C)C.CCn1ccnn1. The molecule has 0 atom stereocenters. The Kier molecular flexibility index (Phi) is 5.43. The molecule has 0 fully saturated rings. The van der Waals surface area contributed by atoms with Crippen molar-refractivity contribution in [2.45, 2.75) is 34.2 Å². The molecule has 64 valence electrons. The number of rotatable bonds is 1. The first-order valence-corrected chi connectivity index (χ1v) is 4.01. The predicted octanol–water partition coefficient (Wildman–Crippen LogP) is 1.96. The third-order valence-electron chi connectivity index (χ3n) is 0.796. The van der Waals surface area contributed by atoms with Gasteiger partial charge in [-0.25, -0.2) is 0 Å². The van der Waals surface area contributed by atoms with Crippen LogP contribution in [0.5, 0.6) is 0 Å². The van der Waals surface area contributed by atoms with Crippen LogP contribution in [0, 0.1) is 5.92 Å². The summed E-state index contributed by atoms with van der Waals surface area (Å²) in [5.74, 6) is 0.833. The minimum Gasteiger partial charge on any atom is -0.253 e. The van der Waals surface area contributed by atoms with Crippen molar-refractivity contribution >= 4 is 0 Å². The standard InChI is InChI=1S/C4H7N3.C4H10/c1-2-7-4-3-5-6-7;1-4(2)3/h3-4H,2H2,1H3;4H,1-3H3. The summed E-state index contributed by atoms with van der Waals surface area (Å²) in [6.07, 6.45) is 3.50. The second-order valence-corrected chi connectivity index (χ2v) is 2.99. The van der Waals surface area contributed by atoms with E-state index in [2.05, 4.69) is 31.1 Å². The molecule has 3 nitrogen and oxygen atoms in total. The Morgan fingerprint density at radius 1 is 1.36 bits per heavy atom. The third kappa shape index (κ3) is 7.03. The van der Waals surface area contributed by atoms with Crippen molar-refractivity contribution in [3.8, 4) is 0 Å². The molecule has 0 aliphatic heterocycles. The van der Waals surface area contributed by atoms with Crippen molar-refractivity contribution in [3.05, 3.63) is 12.4 Å². The lowest BCUT2D eigenvalue weighted by Crippen LogP contribution is -1.92. The zero-order valence-corrected chi connectivity index (χ0v) is 7.78. The van der Waals surface area contributed by atoms with Crippen LogP contribution in [0.2, 0.25) is 0 Å². The molecule has 0 unspecified atom stereocenters. The lowest BCUT2D eigenvalue weighted by atomic mass is 10.3. The lowest BCUT2D eigenvalue weighted by molar-refractivity contribution is 0.627. The van der Waals surface area contributed by atoms with Crippen LogP contribution in [0.1, 0.15) is 27.7 Å². The maximum atomic E-state index is 3.70. The highest BCUT2D eigenvalue weighted by molar-refractivity contribution is 4.61. The van der Waals surface area contributed by atoms with Gasteiger partial charge in [0.25, 0.3) is 0 Å². The molecule has 0 aliphatic rings. The van der Waals surface area contributed by atoms with E-state index in [1.807, 2.05) is 13.1 Å². The van der Waals surface area contributed by atoms with Crippen molar-refractivity contribution in [3.63, 3.8) is 0 Å². The maximum absolute atomic E-state index is 3.70. The molecular weight excluding hydrogens is 138 g/mol. The van der Waals surface area contributed by atoms with Crippen LogP contribution in [0.3, 0.4) is 0 Å². The smallest absolute Gasteiger partial charge is 0.0692 e. The van der Waals surface area contributed by atoms with Gasteiger partial charge >= 0.3 is 0 Å². The molecule has 1 heterocycles. The van der Waals surface area contributed by atoms with E-state index in [9.17, 15) is 0 Å². The average Bonchev–Trinajstić information content (AvgIpc) is 2.36. The molecule has 0 amide bonds. The zero-order valence-electron chi connectivity index (χ0n) is 7.78. The summed E-state index contributed by atoms with van der Waals surface area (Å²) in [5.41, 5.74) is 0. The van der Waals surface area contributed by atoms with E-state index >= 15 is 0 Å². The Morgan fingerprint density at radius 2 is 1.91 bits per heavy atom. The number of hydrogen-bond acceptors (Lipinski definition) is 2. The lowest BCUT2D eigenvalue weighted by Gasteiger charge is -1.85. The first kappa shape index (κ1) is 10.1. The summed E-state index contributed by atoms with van der Waals surface area (Å²) in [6, 6.07) is 0. The molecule has 3 heteroatoms. The molecule has 0 saturated heterocycles. The number of aromatic nitrogens is 3. The van der Waals surface area contributed by atoms with Crippen molar-refractivity contribution in [2.75, 3.05) is 0 Å². The van der Waals surface area contributed by atoms with Gasteiger partial charge in [0.05, 0.1) is 6.20 Å². The fourth-order valence-corrected chi connectivity index (χ4v) is 0.401. The monoisotopic (exact) mass is 155 g/mol. The Labute approximate surface area is 68.4 Å². The molecule has 0 aromatic carbocycles. The molecule has 0 N–H and O–H groups in total. The Balaban J connectivity index is 0.000000218. The van der Waals surface area contributed by atoms with Crippen LogP contribution >= 0.6 is 0 Å². The molecule has 11 heavy (non-hydrogen) atoms. The molecule has 1 aromatic rings. The van der Waals surface area contributed by atoms with Gasteiger partial charge in [0.1, 0.15) is 0 Å². The zero-order chi connectivity index (χ0) is 8.69. The summed E-state index contributed by atoms with van der Waals surface area (Å²) in [7, 11) is 0. The van der Waals surface area contributed by atoms with Crippen LogP contribution in [0.25, 0.3) is 0 Å². The Morgan fingerprint density at radius 3 is 2.09 bits per heavy atom. The normalized spacial score (nSPS) is 9.18. The number of aryl methyl sites for hydroxylation is 1. The highest BCUT2D eigenvalue weighted by atomic mass is 15.4. The summed E-state index contributed by atoms with van der Waals surface area (Å²) in [6.45, 7) is 9.43. The van der Waals surface area contributed by atoms with E-state index < -0.39 is 0 Å². The molecule has 0 radical (unpaired) electrons.